The number of halogens is 3. The van der Waals surface area contributed by atoms with Crippen LogP contribution in [0, 0.1) is 0 Å². The molecule has 198 valence electrons. The summed E-state index contributed by atoms with van der Waals surface area (Å²) >= 11 is 3.56. The third kappa shape index (κ3) is 6.54. The van der Waals surface area contributed by atoms with Crippen LogP contribution in [0.15, 0.2) is 88.6 Å². The summed E-state index contributed by atoms with van der Waals surface area (Å²) in [7, 11) is 0. The number of carbonyl (C=O) groups excluding carboxylic acids is 1. The predicted octanol–water partition coefficient (Wildman–Crippen LogP) is 8.14. The van der Waals surface area contributed by atoms with E-state index in [9.17, 15) is 18.0 Å². The Bertz CT molecular complexity index is 1290. The highest BCUT2D eigenvalue weighted by atomic mass is 32.2. The topological polar surface area (TPSA) is 56.0 Å². The van der Waals surface area contributed by atoms with Crippen molar-refractivity contribution in [1.82, 2.24) is 4.98 Å². The molecule has 5 rings (SSSR count). The van der Waals surface area contributed by atoms with E-state index >= 15 is 0 Å². The number of rotatable bonds is 9. The third-order valence-corrected chi connectivity index (χ3v) is 8.64. The molecule has 1 aromatic heterocycles. The first-order chi connectivity index (χ1) is 18.4. The molecule has 0 amide bonds. The van der Waals surface area contributed by atoms with Crippen molar-refractivity contribution in [2.24, 2.45) is 5.73 Å². The van der Waals surface area contributed by atoms with E-state index in [1.165, 1.54) is 34.1 Å². The Balaban J connectivity index is 0.000000505. The monoisotopic (exact) mass is 554 g/mol. The van der Waals surface area contributed by atoms with Gasteiger partial charge in [-0.25, -0.2) is 4.98 Å². The van der Waals surface area contributed by atoms with Gasteiger partial charge in [-0.2, -0.15) is 13.2 Å². The van der Waals surface area contributed by atoms with Crippen LogP contribution in [0.25, 0.3) is 22.4 Å². The molecule has 0 saturated heterocycles. The fraction of sp³-hybridized carbons (Fsp3) is 0.267. The molecule has 2 N–H and O–H groups in total. The van der Waals surface area contributed by atoms with Crippen LogP contribution in [0.1, 0.15) is 36.8 Å². The molecular formula is C30H29F3N2OS2. The summed E-state index contributed by atoms with van der Waals surface area (Å²) in [5.74, 6) is 1.06. The second-order valence-corrected chi connectivity index (χ2v) is 11.2. The second kappa shape index (κ2) is 12.7. The van der Waals surface area contributed by atoms with E-state index in [0.717, 1.165) is 41.5 Å². The van der Waals surface area contributed by atoms with Crippen molar-refractivity contribution in [1.29, 1.82) is 0 Å². The van der Waals surface area contributed by atoms with Crippen molar-refractivity contribution < 1.29 is 18.0 Å². The molecule has 0 atom stereocenters. The molecule has 4 aromatic rings. The molecule has 38 heavy (non-hydrogen) atoms. The van der Waals surface area contributed by atoms with Gasteiger partial charge in [0.25, 0.3) is 0 Å². The highest BCUT2D eigenvalue weighted by Gasteiger charge is 2.42. The number of carbonyl (C=O) groups is 1. The molecule has 3 aromatic carbocycles. The average molecular weight is 555 g/mol. The quantitative estimate of drug-likeness (QED) is 0.129. The van der Waals surface area contributed by atoms with Gasteiger partial charge in [0.2, 0.25) is 0 Å². The Labute approximate surface area is 229 Å². The van der Waals surface area contributed by atoms with E-state index in [2.05, 4.69) is 83.9 Å². The number of unbranched alkanes of at least 4 members (excludes halogenated alkanes) is 2. The molecule has 0 aliphatic heterocycles. The summed E-state index contributed by atoms with van der Waals surface area (Å²) < 4.78 is 33.1. The van der Waals surface area contributed by atoms with Gasteiger partial charge in [0.05, 0.1) is 17.7 Å². The zero-order chi connectivity index (χ0) is 27.0. The van der Waals surface area contributed by atoms with Gasteiger partial charge in [-0.1, -0.05) is 103 Å². The standard InChI is InChI=1S/C28H25NOS2.C2H4F3N/c30-20-28(24-15-7-5-13-22(24)23-14-6-8-16-25(23)28)17-9-2-10-18-31-27-29-26(19-32-27)21-11-3-1-4-12-21;3-2(4,5)1-6/h1,3-8,11-16,19-20H,2,9-10,17-18H2;1,6H2. The van der Waals surface area contributed by atoms with Crippen molar-refractivity contribution in [3.05, 3.63) is 95.4 Å². The second-order valence-electron chi connectivity index (χ2n) is 9.02. The highest BCUT2D eigenvalue weighted by molar-refractivity contribution is 8.01. The Morgan fingerprint density at radius 3 is 2.03 bits per heavy atom. The fourth-order valence-electron chi connectivity index (χ4n) is 4.72. The minimum absolute atomic E-state index is 0.500. The molecule has 0 radical (unpaired) electrons. The van der Waals surface area contributed by atoms with Crippen LogP contribution < -0.4 is 5.73 Å². The summed E-state index contributed by atoms with van der Waals surface area (Å²) in [6, 6.07) is 27.1. The van der Waals surface area contributed by atoms with Crippen LogP contribution in [0.2, 0.25) is 0 Å². The Hall–Kier alpha value is -2.94. The lowest BCUT2D eigenvalue weighted by Gasteiger charge is -2.25. The van der Waals surface area contributed by atoms with Crippen molar-refractivity contribution in [3.63, 3.8) is 0 Å². The van der Waals surface area contributed by atoms with Crippen LogP contribution in [-0.2, 0) is 10.2 Å². The number of thioether (sulfide) groups is 1. The maximum absolute atomic E-state index is 12.5. The van der Waals surface area contributed by atoms with Crippen LogP contribution in [-0.4, -0.2) is 29.7 Å². The zero-order valence-electron chi connectivity index (χ0n) is 20.8. The number of fused-ring (bicyclic) bond motifs is 3. The summed E-state index contributed by atoms with van der Waals surface area (Å²) in [4.78, 5) is 17.2. The number of nitrogens with two attached hydrogens (primary N) is 1. The molecule has 1 aliphatic carbocycles. The average Bonchev–Trinajstić information content (AvgIpc) is 3.53. The normalized spacial score (nSPS) is 13.3. The van der Waals surface area contributed by atoms with E-state index < -0.39 is 18.1 Å². The van der Waals surface area contributed by atoms with Gasteiger partial charge in [0.15, 0.2) is 4.34 Å². The fourth-order valence-corrected chi connectivity index (χ4v) is 6.63. The lowest BCUT2D eigenvalue weighted by molar-refractivity contribution is -0.118. The maximum atomic E-state index is 12.5. The first kappa shape index (κ1) is 28.1. The number of thiazole rings is 1. The molecule has 1 aliphatic rings. The first-order valence-electron chi connectivity index (χ1n) is 12.4. The number of nitrogens with zero attached hydrogens (tertiary/aromatic N) is 1. The summed E-state index contributed by atoms with van der Waals surface area (Å²) in [6.07, 6.45) is 1.15. The molecule has 0 spiro atoms. The van der Waals surface area contributed by atoms with E-state index in [1.54, 1.807) is 11.3 Å². The van der Waals surface area contributed by atoms with Crippen LogP contribution in [0.4, 0.5) is 13.2 Å². The minimum Gasteiger partial charge on any atom is -0.323 e. The Morgan fingerprint density at radius 1 is 0.868 bits per heavy atom. The largest absolute Gasteiger partial charge is 0.400 e. The number of alkyl halides is 3. The SMILES string of the molecule is NCC(F)(F)F.O=CC1(CCCCCSc2nc(-c3ccccc3)cs2)c2ccccc2-c2ccccc21. The summed E-state index contributed by atoms with van der Waals surface area (Å²) in [6.45, 7) is -1.23. The van der Waals surface area contributed by atoms with E-state index in [4.69, 9.17) is 4.98 Å². The minimum atomic E-state index is -4.18. The summed E-state index contributed by atoms with van der Waals surface area (Å²) in [5.41, 5.74) is 10.7. The highest BCUT2D eigenvalue weighted by Crippen LogP contribution is 2.50. The van der Waals surface area contributed by atoms with E-state index in [1.807, 2.05) is 17.8 Å². The molecule has 0 unspecified atom stereocenters. The van der Waals surface area contributed by atoms with Crippen molar-refractivity contribution in [3.8, 4) is 22.4 Å². The van der Waals surface area contributed by atoms with Gasteiger partial charge in [0.1, 0.15) is 6.29 Å². The van der Waals surface area contributed by atoms with Crippen molar-refractivity contribution >= 4 is 29.4 Å². The van der Waals surface area contributed by atoms with Gasteiger partial charge < -0.3 is 10.5 Å². The lowest BCUT2D eigenvalue weighted by atomic mass is 9.75. The van der Waals surface area contributed by atoms with Crippen LogP contribution >= 0.6 is 23.1 Å². The number of benzene rings is 3. The zero-order valence-corrected chi connectivity index (χ0v) is 22.4. The molecule has 3 nitrogen and oxygen atoms in total. The molecule has 0 bridgehead atoms. The Morgan fingerprint density at radius 2 is 1.45 bits per heavy atom. The lowest BCUT2D eigenvalue weighted by Crippen LogP contribution is -2.27. The van der Waals surface area contributed by atoms with E-state index in [-0.39, 0.29) is 0 Å². The van der Waals surface area contributed by atoms with Crippen LogP contribution in [0.3, 0.4) is 0 Å². The first-order valence-corrected chi connectivity index (χ1v) is 14.3. The van der Waals surface area contributed by atoms with Gasteiger partial charge in [-0.3, -0.25) is 0 Å². The van der Waals surface area contributed by atoms with E-state index in [0.29, 0.717) is 0 Å². The molecule has 8 heteroatoms. The summed E-state index contributed by atoms with van der Waals surface area (Å²) in [5, 5.41) is 2.14. The number of aromatic nitrogens is 1. The molecule has 0 saturated carbocycles. The number of aldehydes is 1. The van der Waals surface area contributed by atoms with Crippen LogP contribution in [0.5, 0.6) is 0 Å². The third-order valence-electron chi connectivity index (χ3n) is 6.53. The predicted molar refractivity (Wildman–Crippen MR) is 151 cm³/mol. The molecule has 1 heterocycles. The molecule has 0 fully saturated rings. The van der Waals surface area contributed by atoms with Gasteiger partial charge in [-0.05, 0) is 35.1 Å². The maximum Gasteiger partial charge on any atom is 0.400 e. The van der Waals surface area contributed by atoms with Gasteiger partial charge in [-0.15, -0.1) is 11.3 Å². The van der Waals surface area contributed by atoms with Gasteiger partial charge in [0, 0.05) is 16.7 Å². The Kier molecular flexibility index (Phi) is 9.41. The van der Waals surface area contributed by atoms with Crippen molar-refractivity contribution in [2.75, 3.05) is 12.3 Å². The number of hydrogen-bond donors (Lipinski definition) is 1. The van der Waals surface area contributed by atoms with Gasteiger partial charge >= 0.3 is 6.18 Å². The smallest absolute Gasteiger partial charge is 0.323 e. The molecular weight excluding hydrogens is 525 g/mol. The van der Waals surface area contributed by atoms with Crippen molar-refractivity contribution in [2.45, 2.75) is 41.6 Å². The number of hydrogen-bond acceptors (Lipinski definition) is 5.